The smallest absolute Gasteiger partial charge is 0.248 e. The molecule has 0 saturated heterocycles. The predicted molar refractivity (Wildman–Crippen MR) is 78.5 cm³/mol. The lowest BCUT2D eigenvalue weighted by Gasteiger charge is -2.25. The van der Waals surface area contributed by atoms with Crippen molar-refractivity contribution in [2.24, 2.45) is 5.73 Å². The van der Waals surface area contributed by atoms with E-state index in [-0.39, 0.29) is 0 Å². The Kier molecular flexibility index (Phi) is 3.71. The standard InChI is InChI=1S/C15H17N3O/c1-2-18(12-6-4-3-5-7-12)14-9-8-11(15(17)19)10-13(14)16/h3-10H,2,16H2,1H3,(H2,17,19). The number of carbonyl (C=O) groups is 1. The Morgan fingerprint density at radius 1 is 1.16 bits per heavy atom. The van der Waals surface area contributed by atoms with Crippen LogP contribution in [0.25, 0.3) is 0 Å². The summed E-state index contributed by atoms with van der Waals surface area (Å²) < 4.78 is 0. The first-order valence-corrected chi connectivity index (χ1v) is 6.15. The minimum absolute atomic E-state index is 0.422. The molecular weight excluding hydrogens is 238 g/mol. The van der Waals surface area contributed by atoms with E-state index in [0.717, 1.165) is 17.9 Å². The van der Waals surface area contributed by atoms with Crippen molar-refractivity contribution in [3.8, 4) is 0 Å². The second-order valence-electron chi connectivity index (χ2n) is 4.22. The van der Waals surface area contributed by atoms with Gasteiger partial charge in [0, 0.05) is 17.8 Å². The number of nitrogen functional groups attached to an aromatic ring is 1. The average Bonchev–Trinajstić information content (AvgIpc) is 2.42. The molecule has 0 unspecified atom stereocenters. The largest absolute Gasteiger partial charge is 0.397 e. The summed E-state index contributed by atoms with van der Waals surface area (Å²) >= 11 is 0. The van der Waals surface area contributed by atoms with Gasteiger partial charge in [0.05, 0.1) is 11.4 Å². The first-order chi connectivity index (χ1) is 9.13. The number of carbonyl (C=O) groups excluding carboxylic acids is 1. The summed E-state index contributed by atoms with van der Waals surface area (Å²) in [5.41, 5.74) is 14.2. The lowest BCUT2D eigenvalue weighted by Crippen LogP contribution is -2.18. The Morgan fingerprint density at radius 3 is 2.37 bits per heavy atom. The van der Waals surface area contributed by atoms with Crippen molar-refractivity contribution >= 4 is 23.0 Å². The van der Waals surface area contributed by atoms with Gasteiger partial charge in [0.15, 0.2) is 0 Å². The fraction of sp³-hybridized carbons (Fsp3) is 0.133. The zero-order valence-electron chi connectivity index (χ0n) is 10.8. The summed E-state index contributed by atoms with van der Waals surface area (Å²) in [6.07, 6.45) is 0. The van der Waals surface area contributed by atoms with E-state index in [2.05, 4.69) is 11.8 Å². The van der Waals surface area contributed by atoms with Crippen LogP contribution in [0.2, 0.25) is 0 Å². The minimum atomic E-state index is -0.471. The van der Waals surface area contributed by atoms with Crippen LogP contribution in [0.1, 0.15) is 17.3 Å². The first-order valence-electron chi connectivity index (χ1n) is 6.15. The Labute approximate surface area is 112 Å². The molecule has 2 rings (SSSR count). The third-order valence-corrected chi connectivity index (χ3v) is 2.99. The molecule has 0 aromatic heterocycles. The molecule has 0 spiro atoms. The molecule has 98 valence electrons. The summed E-state index contributed by atoms with van der Waals surface area (Å²) in [5, 5.41) is 0. The number of anilines is 3. The van der Waals surface area contributed by atoms with Crippen LogP contribution in [-0.4, -0.2) is 12.5 Å². The van der Waals surface area contributed by atoms with Gasteiger partial charge in [0.25, 0.3) is 0 Å². The molecule has 4 nitrogen and oxygen atoms in total. The van der Waals surface area contributed by atoms with Crippen molar-refractivity contribution in [2.45, 2.75) is 6.92 Å². The molecule has 2 aromatic rings. The third-order valence-electron chi connectivity index (χ3n) is 2.99. The molecule has 0 saturated carbocycles. The summed E-state index contributed by atoms with van der Waals surface area (Å²) in [5.74, 6) is -0.471. The van der Waals surface area contributed by atoms with E-state index in [1.54, 1.807) is 12.1 Å². The number of benzene rings is 2. The molecule has 4 N–H and O–H groups in total. The van der Waals surface area contributed by atoms with E-state index in [9.17, 15) is 4.79 Å². The number of primary amides is 1. The number of para-hydroxylation sites is 1. The summed E-state index contributed by atoms with van der Waals surface area (Å²) in [4.78, 5) is 13.2. The summed E-state index contributed by atoms with van der Waals surface area (Å²) in [7, 11) is 0. The molecule has 0 aliphatic rings. The maximum atomic E-state index is 11.1. The minimum Gasteiger partial charge on any atom is -0.397 e. The highest BCUT2D eigenvalue weighted by Crippen LogP contribution is 2.30. The predicted octanol–water partition coefficient (Wildman–Crippen LogP) is 2.53. The topological polar surface area (TPSA) is 72.3 Å². The molecular formula is C15H17N3O. The normalized spacial score (nSPS) is 10.2. The van der Waals surface area contributed by atoms with Gasteiger partial charge in [-0.1, -0.05) is 18.2 Å². The van der Waals surface area contributed by atoms with Crippen LogP contribution in [0.3, 0.4) is 0 Å². The zero-order valence-corrected chi connectivity index (χ0v) is 10.8. The van der Waals surface area contributed by atoms with Crippen molar-refractivity contribution in [2.75, 3.05) is 17.2 Å². The number of hydrogen-bond acceptors (Lipinski definition) is 3. The molecule has 2 aromatic carbocycles. The van der Waals surface area contributed by atoms with Crippen molar-refractivity contribution in [3.05, 3.63) is 54.1 Å². The molecule has 0 aliphatic carbocycles. The fourth-order valence-corrected chi connectivity index (χ4v) is 2.05. The van der Waals surface area contributed by atoms with Gasteiger partial charge in [-0.3, -0.25) is 4.79 Å². The maximum absolute atomic E-state index is 11.1. The van der Waals surface area contributed by atoms with Crippen molar-refractivity contribution in [1.29, 1.82) is 0 Å². The highest BCUT2D eigenvalue weighted by molar-refractivity contribution is 5.95. The molecule has 0 radical (unpaired) electrons. The van der Waals surface area contributed by atoms with Gasteiger partial charge in [-0.25, -0.2) is 0 Å². The van der Waals surface area contributed by atoms with Crippen LogP contribution < -0.4 is 16.4 Å². The van der Waals surface area contributed by atoms with Gasteiger partial charge in [-0.05, 0) is 37.3 Å². The molecule has 4 heteroatoms. The lowest BCUT2D eigenvalue weighted by molar-refractivity contribution is 0.100. The second kappa shape index (κ2) is 5.44. The highest BCUT2D eigenvalue weighted by Gasteiger charge is 2.11. The van der Waals surface area contributed by atoms with Gasteiger partial charge >= 0.3 is 0 Å². The van der Waals surface area contributed by atoms with E-state index in [0.29, 0.717) is 11.3 Å². The van der Waals surface area contributed by atoms with Crippen LogP contribution in [-0.2, 0) is 0 Å². The molecule has 19 heavy (non-hydrogen) atoms. The molecule has 0 aliphatic heterocycles. The molecule has 0 fully saturated rings. The van der Waals surface area contributed by atoms with Crippen LogP contribution in [0, 0.1) is 0 Å². The van der Waals surface area contributed by atoms with E-state index < -0.39 is 5.91 Å². The number of hydrogen-bond donors (Lipinski definition) is 2. The van der Waals surface area contributed by atoms with Gasteiger partial charge in [-0.15, -0.1) is 0 Å². The Balaban J connectivity index is 2.42. The molecule has 0 heterocycles. The van der Waals surface area contributed by atoms with Crippen LogP contribution >= 0.6 is 0 Å². The van der Waals surface area contributed by atoms with Crippen LogP contribution in [0.15, 0.2) is 48.5 Å². The number of nitrogens with two attached hydrogens (primary N) is 2. The second-order valence-corrected chi connectivity index (χ2v) is 4.22. The van der Waals surface area contributed by atoms with Crippen LogP contribution in [0.5, 0.6) is 0 Å². The average molecular weight is 255 g/mol. The molecule has 0 atom stereocenters. The fourth-order valence-electron chi connectivity index (χ4n) is 2.05. The third kappa shape index (κ3) is 2.68. The molecule has 1 amide bonds. The van der Waals surface area contributed by atoms with Crippen molar-refractivity contribution < 1.29 is 4.79 Å². The van der Waals surface area contributed by atoms with Crippen LogP contribution in [0.4, 0.5) is 17.1 Å². The van der Waals surface area contributed by atoms with Crippen molar-refractivity contribution in [3.63, 3.8) is 0 Å². The molecule has 0 bridgehead atoms. The SMILES string of the molecule is CCN(c1ccccc1)c1ccc(C(N)=O)cc1N. The van der Waals surface area contributed by atoms with E-state index in [1.807, 2.05) is 36.4 Å². The number of amides is 1. The van der Waals surface area contributed by atoms with E-state index in [4.69, 9.17) is 11.5 Å². The van der Waals surface area contributed by atoms with E-state index in [1.165, 1.54) is 0 Å². The Morgan fingerprint density at radius 2 is 1.84 bits per heavy atom. The van der Waals surface area contributed by atoms with Crippen molar-refractivity contribution in [1.82, 2.24) is 0 Å². The quantitative estimate of drug-likeness (QED) is 0.824. The van der Waals surface area contributed by atoms with Gasteiger partial charge in [0.1, 0.15) is 0 Å². The maximum Gasteiger partial charge on any atom is 0.248 e. The monoisotopic (exact) mass is 255 g/mol. The lowest BCUT2D eigenvalue weighted by atomic mass is 10.1. The highest BCUT2D eigenvalue weighted by atomic mass is 16.1. The van der Waals surface area contributed by atoms with Gasteiger partial charge < -0.3 is 16.4 Å². The number of rotatable bonds is 4. The Hall–Kier alpha value is -2.49. The van der Waals surface area contributed by atoms with E-state index >= 15 is 0 Å². The number of nitrogens with zero attached hydrogens (tertiary/aromatic N) is 1. The summed E-state index contributed by atoms with van der Waals surface area (Å²) in [6, 6.07) is 15.1. The first kappa shape index (κ1) is 13.0. The Bertz CT molecular complexity index is 581. The summed E-state index contributed by atoms with van der Waals surface area (Å²) in [6.45, 7) is 2.83. The zero-order chi connectivity index (χ0) is 13.8. The van der Waals surface area contributed by atoms with Gasteiger partial charge in [-0.2, -0.15) is 0 Å². The van der Waals surface area contributed by atoms with Gasteiger partial charge in [0.2, 0.25) is 5.91 Å².